The minimum Gasteiger partial charge on any atom is -0.508 e. The van der Waals surface area contributed by atoms with Crippen molar-refractivity contribution < 1.29 is 14.7 Å². The Bertz CT molecular complexity index is 627. The highest BCUT2D eigenvalue weighted by Crippen LogP contribution is 2.16. The first-order valence-corrected chi connectivity index (χ1v) is 5.78. The van der Waals surface area contributed by atoms with E-state index in [0.29, 0.717) is 11.3 Å². The summed E-state index contributed by atoms with van der Waals surface area (Å²) in [6.07, 6.45) is 2.98. The van der Waals surface area contributed by atoms with Crippen LogP contribution in [0.25, 0.3) is 6.08 Å². The minimum absolute atomic E-state index is 0.322. The van der Waals surface area contributed by atoms with Gasteiger partial charge < -0.3 is 5.11 Å². The van der Waals surface area contributed by atoms with Crippen LogP contribution >= 0.6 is 0 Å². The normalized spacial score (nSPS) is 12.4. The molecule has 1 aliphatic carbocycles. The first-order chi connectivity index (χ1) is 9.18. The van der Waals surface area contributed by atoms with E-state index in [2.05, 4.69) is 0 Å². The third-order valence-electron chi connectivity index (χ3n) is 2.60. The van der Waals surface area contributed by atoms with Crippen LogP contribution in [-0.4, -0.2) is 16.7 Å². The molecule has 0 radical (unpaired) electrons. The van der Waals surface area contributed by atoms with Gasteiger partial charge in [0, 0.05) is 5.56 Å². The number of ketones is 2. The SMILES string of the molecule is O=C1C=Cc2ccccc2C1=O.Oc1ccccc1. The van der Waals surface area contributed by atoms with Crippen LogP contribution in [0.2, 0.25) is 0 Å². The summed E-state index contributed by atoms with van der Waals surface area (Å²) in [5.74, 6) is -0.524. The highest BCUT2D eigenvalue weighted by Gasteiger charge is 2.19. The fourth-order valence-corrected chi connectivity index (χ4v) is 1.65. The molecule has 1 N–H and O–H groups in total. The fourth-order valence-electron chi connectivity index (χ4n) is 1.65. The molecule has 19 heavy (non-hydrogen) atoms. The molecule has 0 fully saturated rings. The molecule has 1 aliphatic rings. The number of Topliss-reactive ketones (excluding diaryl/α,β-unsaturated/α-hetero) is 1. The quantitative estimate of drug-likeness (QED) is 0.733. The second-order valence-corrected chi connectivity index (χ2v) is 3.95. The van der Waals surface area contributed by atoms with Gasteiger partial charge in [-0.1, -0.05) is 48.5 Å². The number of carbonyl (C=O) groups excluding carboxylic acids is 2. The van der Waals surface area contributed by atoms with E-state index in [1.54, 1.807) is 42.5 Å². The maximum absolute atomic E-state index is 11.2. The van der Waals surface area contributed by atoms with E-state index in [4.69, 9.17) is 5.11 Å². The van der Waals surface area contributed by atoms with Crippen LogP contribution in [0.15, 0.2) is 60.7 Å². The topological polar surface area (TPSA) is 54.4 Å². The molecule has 0 saturated heterocycles. The summed E-state index contributed by atoms with van der Waals surface area (Å²) in [5, 5.41) is 8.63. The van der Waals surface area contributed by atoms with E-state index in [9.17, 15) is 9.59 Å². The zero-order chi connectivity index (χ0) is 13.7. The number of aromatic hydroxyl groups is 1. The van der Waals surface area contributed by atoms with Gasteiger partial charge in [0.1, 0.15) is 5.75 Å². The predicted molar refractivity (Wildman–Crippen MR) is 72.9 cm³/mol. The maximum Gasteiger partial charge on any atom is 0.233 e. The van der Waals surface area contributed by atoms with Crippen LogP contribution in [0.5, 0.6) is 5.75 Å². The van der Waals surface area contributed by atoms with Gasteiger partial charge in [-0.2, -0.15) is 0 Å². The molecule has 0 bridgehead atoms. The number of para-hydroxylation sites is 1. The highest BCUT2D eigenvalue weighted by atomic mass is 16.3. The van der Waals surface area contributed by atoms with E-state index in [0.717, 1.165) is 5.56 Å². The molecule has 0 saturated carbocycles. The van der Waals surface area contributed by atoms with Gasteiger partial charge in [-0.3, -0.25) is 9.59 Å². The first-order valence-electron chi connectivity index (χ1n) is 5.78. The average Bonchev–Trinajstić information content (AvgIpc) is 2.45. The molecule has 0 unspecified atom stereocenters. The zero-order valence-corrected chi connectivity index (χ0v) is 10.1. The molecule has 0 spiro atoms. The summed E-state index contributed by atoms with van der Waals surface area (Å²) >= 11 is 0. The smallest absolute Gasteiger partial charge is 0.233 e. The molecule has 0 amide bonds. The summed E-state index contributed by atoms with van der Waals surface area (Å²) in [7, 11) is 0. The van der Waals surface area contributed by atoms with Gasteiger partial charge in [-0.25, -0.2) is 0 Å². The average molecular weight is 252 g/mol. The van der Waals surface area contributed by atoms with E-state index in [1.165, 1.54) is 6.08 Å². The molecule has 2 aromatic rings. The van der Waals surface area contributed by atoms with Crippen molar-refractivity contribution in [2.75, 3.05) is 0 Å². The molecule has 0 heterocycles. The van der Waals surface area contributed by atoms with Crippen molar-refractivity contribution in [3.05, 3.63) is 71.8 Å². The molecule has 3 rings (SSSR count). The van der Waals surface area contributed by atoms with Crippen molar-refractivity contribution in [2.45, 2.75) is 0 Å². The van der Waals surface area contributed by atoms with Crippen LogP contribution in [0.3, 0.4) is 0 Å². The first kappa shape index (κ1) is 12.8. The van der Waals surface area contributed by atoms with Crippen molar-refractivity contribution in [3.8, 4) is 5.75 Å². The van der Waals surface area contributed by atoms with Crippen molar-refractivity contribution in [3.63, 3.8) is 0 Å². The lowest BCUT2D eigenvalue weighted by Gasteiger charge is -2.06. The van der Waals surface area contributed by atoms with Gasteiger partial charge in [-0.15, -0.1) is 0 Å². The number of phenolic OH excluding ortho intramolecular Hbond substituents is 1. The summed E-state index contributed by atoms with van der Waals surface area (Å²) in [5.41, 5.74) is 1.33. The Morgan fingerprint density at radius 1 is 0.737 bits per heavy atom. The lowest BCUT2D eigenvalue weighted by atomic mass is 9.96. The van der Waals surface area contributed by atoms with Gasteiger partial charge in [0.15, 0.2) is 0 Å². The number of hydrogen-bond donors (Lipinski definition) is 1. The van der Waals surface area contributed by atoms with Crippen molar-refractivity contribution in [2.24, 2.45) is 0 Å². The number of carbonyl (C=O) groups is 2. The van der Waals surface area contributed by atoms with E-state index >= 15 is 0 Å². The number of hydrogen-bond acceptors (Lipinski definition) is 3. The van der Waals surface area contributed by atoms with E-state index in [-0.39, 0.29) is 0 Å². The minimum atomic E-state index is -0.436. The molecule has 0 aliphatic heterocycles. The Hall–Kier alpha value is -2.68. The second kappa shape index (κ2) is 5.78. The molecule has 2 aromatic carbocycles. The third-order valence-corrected chi connectivity index (χ3v) is 2.60. The van der Waals surface area contributed by atoms with Crippen LogP contribution in [-0.2, 0) is 4.79 Å². The molecule has 3 nitrogen and oxygen atoms in total. The number of phenols is 1. The largest absolute Gasteiger partial charge is 0.508 e. The van der Waals surface area contributed by atoms with E-state index < -0.39 is 11.6 Å². The zero-order valence-electron chi connectivity index (χ0n) is 10.1. The number of benzene rings is 2. The molecular formula is C16H12O3. The maximum atomic E-state index is 11.2. The number of rotatable bonds is 0. The molecular weight excluding hydrogens is 240 g/mol. The standard InChI is InChI=1S/C10H6O2.C6H6O/c11-9-6-5-7-3-1-2-4-8(7)10(9)12;7-6-4-2-1-3-5-6/h1-6H;1-5,7H. The Morgan fingerprint density at radius 3 is 2.00 bits per heavy atom. The van der Waals surface area contributed by atoms with Crippen LogP contribution in [0.1, 0.15) is 15.9 Å². The monoisotopic (exact) mass is 252 g/mol. The second-order valence-electron chi connectivity index (χ2n) is 3.95. The summed E-state index contributed by atoms with van der Waals surface area (Å²) in [6, 6.07) is 15.8. The van der Waals surface area contributed by atoms with Crippen LogP contribution < -0.4 is 0 Å². The van der Waals surface area contributed by atoms with Crippen LogP contribution in [0.4, 0.5) is 0 Å². The molecule has 3 heteroatoms. The Kier molecular flexibility index (Phi) is 3.88. The van der Waals surface area contributed by atoms with E-state index in [1.807, 2.05) is 18.2 Å². The lowest BCUT2D eigenvalue weighted by Crippen LogP contribution is -2.15. The Morgan fingerprint density at radius 2 is 1.37 bits per heavy atom. The van der Waals surface area contributed by atoms with Gasteiger partial charge in [0.25, 0.3) is 0 Å². The molecule has 94 valence electrons. The number of fused-ring (bicyclic) bond motifs is 1. The summed E-state index contributed by atoms with van der Waals surface area (Å²) < 4.78 is 0. The molecule has 0 aromatic heterocycles. The van der Waals surface area contributed by atoms with Crippen molar-refractivity contribution in [1.29, 1.82) is 0 Å². The Balaban J connectivity index is 0.000000163. The van der Waals surface area contributed by atoms with Crippen LogP contribution in [0, 0.1) is 0 Å². The predicted octanol–water partition coefficient (Wildman–Crippen LogP) is 2.86. The van der Waals surface area contributed by atoms with Gasteiger partial charge in [-0.05, 0) is 23.8 Å². The summed E-state index contributed by atoms with van der Waals surface area (Å²) in [4.78, 5) is 22.1. The highest BCUT2D eigenvalue weighted by molar-refractivity contribution is 6.49. The summed E-state index contributed by atoms with van der Waals surface area (Å²) in [6.45, 7) is 0. The van der Waals surface area contributed by atoms with Gasteiger partial charge >= 0.3 is 0 Å². The third kappa shape index (κ3) is 3.16. The van der Waals surface area contributed by atoms with Crippen molar-refractivity contribution >= 4 is 17.6 Å². The Labute approximate surface area is 110 Å². The molecule has 0 atom stereocenters. The van der Waals surface area contributed by atoms with Crippen molar-refractivity contribution in [1.82, 2.24) is 0 Å². The van der Waals surface area contributed by atoms with Gasteiger partial charge in [0.05, 0.1) is 0 Å². The number of allylic oxidation sites excluding steroid dienone is 1. The lowest BCUT2D eigenvalue weighted by molar-refractivity contribution is -0.110. The fraction of sp³-hybridized carbons (Fsp3) is 0. The van der Waals surface area contributed by atoms with Gasteiger partial charge in [0.2, 0.25) is 11.6 Å².